The first-order valence-corrected chi connectivity index (χ1v) is 12.3. The maximum Gasteiger partial charge on any atom is 0.226 e. The van der Waals surface area contributed by atoms with Gasteiger partial charge in [-0.3, -0.25) is 9.59 Å². The van der Waals surface area contributed by atoms with Gasteiger partial charge in [0.05, 0.1) is 19.1 Å². The lowest BCUT2D eigenvalue weighted by atomic mass is 9.86. The van der Waals surface area contributed by atoms with Gasteiger partial charge in [0.25, 0.3) is 0 Å². The fourth-order valence-corrected chi connectivity index (χ4v) is 5.43. The average Bonchev–Trinajstić information content (AvgIpc) is 3.38. The Morgan fingerprint density at radius 2 is 1.79 bits per heavy atom. The van der Waals surface area contributed by atoms with Gasteiger partial charge < -0.3 is 15.0 Å². The van der Waals surface area contributed by atoms with Gasteiger partial charge in [-0.15, -0.1) is 0 Å². The molecule has 33 heavy (non-hydrogen) atoms. The van der Waals surface area contributed by atoms with Crippen LogP contribution in [0, 0.1) is 18.8 Å². The van der Waals surface area contributed by atoms with Gasteiger partial charge in [-0.2, -0.15) is 0 Å². The van der Waals surface area contributed by atoms with Crippen LogP contribution in [0.1, 0.15) is 61.3 Å². The Morgan fingerprint density at radius 3 is 2.55 bits per heavy atom. The van der Waals surface area contributed by atoms with E-state index in [1.807, 2.05) is 29.2 Å². The van der Waals surface area contributed by atoms with Crippen molar-refractivity contribution in [3.8, 4) is 5.75 Å². The number of rotatable bonds is 7. The maximum absolute atomic E-state index is 13.5. The number of piperidine rings is 1. The quantitative estimate of drug-likeness (QED) is 0.660. The highest BCUT2D eigenvalue weighted by Gasteiger charge is 2.38. The van der Waals surface area contributed by atoms with Crippen LogP contribution in [-0.2, 0) is 16.0 Å². The Bertz CT molecular complexity index is 967. The van der Waals surface area contributed by atoms with E-state index in [1.54, 1.807) is 7.11 Å². The summed E-state index contributed by atoms with van der Waals surface area (Å²) < 4.78 is 5.41. The summed E-state index contributed by atoms with van der Waals surface area (Å²) in [5.74, 6) is 1.10. The molecule has 1 aliphatic carbocycles. The summed E-state index contributed by atoms with van der Waals surface area (Å²) in [7, 11) is 1.67. The van der Waals surface area contributed by atoms with Crippen LogP contribution in [-0.4, -0.2) is 36.9 Å². The van der Waals surface area contributed by atoms with Crippen LogP contribution in [0.15, 0.2) is 48.5 Å². The lowest BCUT2D eigenvalue weighted by Gasteiger charge is -2.41. The van der Waals surface area contributed by atoms with Crippen LogP contribution < -0.4 is 10.1 Å². The zero-order chi connectivity index (χ0) is 23.2. The second-order valence-electron chi connectivity index (χ2n) is 9.53. The smallest absolute Gasteiger partial charge is 0.226 e. The fourth-order valence-electron chi connectivity index (χ4n) is 5.43. The SMILES string of the molecule is COc1ccccc1CCNC(=O)C1CCC(c2cccc(C)c2)N(C(=O)C2CCCC2)C1. The molecule has 0 bridgehead atoms. The highest BCUT2D eigenvalue weighted by atomic mass is 16.5. The molecule has 176 valence electrons. The second kappa shape index (κ2) is 10.9. The number of methoxy groups -OCH3 is 1. The number of benzene rings is 2. The Balaban J connectivity index is 1.42. The van der Waals surface area contributed by atoms with Gasteiger partial charge in [0.1, 0.15) is 5.75 Å². The first-order chi connectivity index (χ1) is 16.1. The van der Waals surface area contributed by atoms with E-state index in [0.717, 1.165) is 56.3 Å². The molecule has 1 heterocycles. The number of ether oxygens (including phenoxy) is 1. The monoisotopic (exact) mass is 448 g/mol. The van der Waals surface area contributed by atoms with Crippen molar-refractivity contribution in [2.24, 2.45) is 11.8 Å². The van der Waals surface area contributed by atoms with Crippen LogP contribution in [0.25, 0.3) is 0 Å². The molecule has 2 aliphatic rings. The lowest BCUT2D eigenvalue weighted by molar-refractivity contribution is -0.142. The predicted octanol–water partition coefficient (Wildman–Crippen LogP) is 4.83. The van der Waals surface area contributed by atoms with Crippen molar-refractivity contribution in [3.05, 3.63) is 65.2 Å². The molecule has 5 nitrogen and oxygen atoms in total. The predicted molar refractivity (Wildman–Crippen MR) is 130 cm³/mol. The molecule has 0 spiro atoms. The third-order valence-electron chi connectivity index (χ3n) is 7.25. The van der Waals surface area contributed by atoms with Crippen molar-refractivity contribution in [1.82, 2.24) is 10.2 Å². The van der Waals surface area contributed by atoms with Gasteiger partial charge >= 0.3 is 0 Å². The highest BCUT2D eigenvalue weighted by Crippen LogP contribution is 2.37. The Kier molecular flexibility index (Phi) is 7.69. The maximum atomic E-state index is 13.5. The van der Waals surface area contributed by atoms with Crippen molar-refractivity contribution in [2.45, 2.75) is 57.9 Å². The van der Waals surface area contributed by atoms with E-state index in [1.165, 1.54) is 11.1 Å². The van der Waals surface area contributed by atoms with E-state index in [2.05, 4.69) is 36.5 Å². The van der Waals surface area contributed by atoms with E-state index < -0.39 is 0 Å². The molecule has 2 fully saturated rings. The standard InChI is InChI=1S/C28H36N2O3/c1-20-8-7-12-23(18-20)25-15-14-24(19-30(25)28(32)22-10-3-4-11-22)27(31)29-17-16-21-9-5-6-13-26(21)33-2/h5-9,12-13,18,22,24-25H,3-4,10-11,14-17,19H2,1-2H3,(H,29,31). The molecule has 1 aliphatic heterocycles. The largest absolute Gasteiger partial charge is 0.496 e. The third kappa shape index (κ3) is 5.58. The minimum absolute atomic E-state index is 0.0526. The van der Waals surface area contributed by atoms with E-state index in [0.29, 0.717) is 13.1 Å². The molecule has 1 saturated heterocycles. The number of amides is 2. The molecular weight excluding hydrogens is 412 g/mol. The number of nitrogens with one attached hydrogen (secondary N) is 1. The van der Waals surface area contributed by atoms with Crippen LogP contribution in [0.2, 0.25) is 0 Å². The van der Waals surface area contributed by atoms with Crippen molar-refractivity contribution < 1.29 is 14.3 Å². The minimum Gasteiger partial charge on any atom is -0.496 e. The third-order valence-corrected chi connectivity index (χ3v) is 7.25. The number of para-hydroxylation sites is 1. The molecule has 2 unspecified atom stereocenters. The Morgan fingerprint density at radius 1 is 1.00 bits per heavy atom. The van der Waals surface area contributed by atoms with Gasteiger partial charge in [0.2, 0.25) is 11.8 Å². The molecule has 0 radical (unpaired) electrons. The number of hydrogen-bond acceptors (Lipinski definition) is 3. The Labute approximate surface area is 197 Å². The molecule has 0 aromatic heterocycles. The molecule has 2 amide bonds. The van der Waals surface area contributed by atoms with Crippen molar-refractivity contribution >= 4 is 11.8 Å². The molecule has 1 N–H and O–H groups in total. The van der Waals surface area contributed by atoms with Gasteiger partial charge in [-0.05, 0) is 56.2 Å². The van der Waals surface area contributed by atoms with Crippen LogP contribution in [0.4, 0.5) is 0 Å². The van der Waals surface area contributed by atoms with Gasteiger partial charge in [-0.25, -0.2) is 0 Å². The number of carbonyl (C=O) groups excluding carboxylic acids is 2. The summed E-state index contributed by atoms with van der Waals surface area (Å²) in [6.07, 6.45) is 6.56. The molecule has 4 rings (SSSR count). The van der Waals surface area contributed by atoms with E-state index in [4.69, 9.17) is 4.74 Å². The van der Waals surface area contributed by atoms with E-state index in [-0.39, 0.29) is 29.7 Å². The summed E-state index contributed by atoms with van der Waals surface area (Å²) in [4.78, 5) is 28.6. The van der Waals surface area contributed by atoms with Gasteiger partial charge in [0, 0.05) is 19.0 Å². The van der Waals surface area contributed by atoms with Crippen molar-refractivity contribution in [3.63, 3.8) is 0 Å². The lowest BCUT2D eigenvalue weighted by Crippen LogP contribution is -2.48. The molecule has 1 saturated carbocycles. The van der Waals surface area contributed by atoms with Crippen molar-refractivity contribution in [1.29, 1.82) is 0 Å². The summed E-state index contributed by atoms with van der Waals surface area (Å²) in [6, 6.07) is 16.4. The summed E-state index contributed by atoms with van der Waals surface area (Å²) in [5.41, 5.74) is 3.48. The fraction of sp³-hybridized carbons (Fsp3) is 0.500. The molecule has 5 heteroatoms. The number of nitrogens with zero attached hydrogens (tertiary/aromatic N) is 1. The zero-order valence-electron chi connectivity index (χ0n) is 19.9. The summed E-state index contributed by atoms with van der Waals surface area (Å²) in [6.45, 7) is 3.16. The molecule has 2 atom stereocenters. The number of hydrogen-bond donors (Lipinski definition) is 1. The topological polar surface area (TPSA) is 58.6 Å². The van der Waals surface area contributed by atoms with Gasteiger partial charge in [-0.1, -0.05) is 60.9 Å². The number of likely N-dealkylation sites (tertiary alicyclic amines) is 1. The highest BCUT2D eigenvalue weighted by molar-refractivity contribution is 5.83. The zero-order valence-corrected chi connectivity index (χ0v) is 19.9. The van der Waals surface area contributed by atoms with Crippen molar-refractivity contribution in [2.75, 3.05) is 20.2 Å². The molecule has 2 aromatic carbocycles. The summed E-state index contributed by atoms with van der Waals surface area (Å²) in [5, 5.41) is 3.11. The average molecular weight is 449 g/mol. The molecular formula is C28H36N2O3. The second-order valence-corrected chi connectivity index (χ2v) is 9.53. The number of carbonyl (C=O) groups is 2. The first-order valence-electron chi connectivity index (χ1n) is 12.3. The summed E-state index contributed by atoms with van der Waals surface area (Å²) >= 11 is 0. The van der Waals surface area contributed by atoms with E-state index in [9.17, 15) is 9.59 Å². The van der Waals surface area contributed by atoms with E-state index >= 15 is 0 Å². The number of aryl methyl sites for hydroxylation is 1. The molecule has 2 aromatic rings. The minimum atomic E-state index is -0.158. The van der Waals surface area contributed by atoms with Crippen LogP contribution in [0.5, 0.6) is 5.75 Å². The van der Waals surface area contributed by atoms with Crippen LogP contribution >= 0.6 is 0 Å². The first kappa shape index (κ1) is 23.3. The Hall–Kier alpha value is -2.82. The normalized spacial score (nSPS) is 21.1. The van der Waals surface area contributed by atoms with Crippen LogP contribution in [0.3, 0.4) is 0 Å². The van der Waals surface area contributed by atoms with Gasteiger partial charge in [0.15, 0.2) is 0 Å².